The molecule has 0 aliphatic heterocycles. The fourth-order valence-corrected chi connectivity index (χ4v) is 2.75. The lowest BCUT2D eigenvalue weighted by Gasteiger charge is -2.18. The van der Waals surface area contributed by atoms with Crippen molar-refractivity contribution >= 4 is 22.4 Å². The Morgan fingerprint density at radius 3 is 2.44 bits per heavy atom. The van der Waals surface area contributed by atoms with Crippen LogP contribution in [-0.2, 0) is 15.6 Å². The van der Waals surface area contributed by atoms with E-state index >= 15 is 0 Å². The van der Waals surface area contributed by atoms with Gasteiger partial charge in [-0.2, -0.15) is 0 Å². The molecule has 0 radical (unpaired) electrons. The average Bonchev–Trinajstić information content (AvgIpc) is 2.34. The van der Waals surface area contributed by atoms with Crippen LogP contribution in [0.3, 0.4) is 0 Å². The Bertz CT molecular complexity index is 456. The van der Waals surface area contributed by atoms with Gasteiger partial charge in [-0.1, -0.05) is 0 Å². The summed E-state index contributed by atoms with van der Waals surface area (Å²) in [5.74, 6) is -0.0433. The highest BCUT2D eigenvalue weighted by molar-refractivity contribution is 7.85. The van der Waals surface area contributed by atoms with Gasteiger partial charge in [0.25, 0.3) is 0 Å². The molecule has 0 saturated carbocycles. The molecule has 5 heteroatoms. The van der Waals surface area contributed by atoms with Crippen molar-refractivity contribution in [2.45, 2.75) is 25.7 Å². The lowest BCUT2D eigenvalue weighted by Crippen LogP contribution is -2.34. The summed E-state index contributed by atoms with van der Waals surface area (Å²) in [7, 11) is -1.30. The first-order valence-electron chi connectivity index (χ1n) is 6.01. The Labute approximate surface area is 111 Å². The second-order valence-electron chi connectivity index (χ2n) is 4.07. The highest BCUT2D eigenvalue weighted by atomic mass is 32.2. The first-order chi connectivity index (χ1) is 8.49. The quantitative estimate of drug-likeness (QED) is 0.824. The Morgan fingerprint density at radius 2 is 1.94 bits per heavy atom. The largest absolute Gasteiger partial charge is 0.399 e. The molecule has 1 atom stereocenters. The molecule has 1 amide bonds. The normalized spacial score (nSPS) is 12.2. The molecule has 1 aromatic rings. The van der Waals surface area contributed by atoms with Crippen molar-refractivity contribution in [3.05, 3.63) is 23.8 Å². The summed E-state index contributed by atoms with van der Waals surface area (Å²) in [6.45, 7) is 6.98. The van der Waals surface area contributed by atoms with Crippen molar-refractivity contribution in [3.8, 4) is 0 Å². The van der Waals surface area contributed by atoms with Crippen LogP contribution >= 0.6 is 0 Å². The molecule has 0 spiro atoms. The maximum Gasteiger partial charge on any atom is 0.235 e. The minimum Gasteiger partial charge on any atom is -0.399 e. The zero-order valence-electron chi connectivity index (χ0n) is 11.1. The fraction of sp³-hybridized carbons (Fsp3) is 0.462. The first-order valence-corrected chi connectivity index (χ1v) is 7.33. The third-order valence-electron chi connectivity index (χ3n) is 2.87. The minimum absolute atomic E-state index is 0.0328. The van der Waals surface area contributed by atoms with E-state index in [0.29, 0.717) is 23.7 Å². The van der Waals surface area contributed by atoms with Crippen LogP contribution in [0.4, 0.5) is 5.69 Å². The van der Waals surface area contributed by atoms with E-state index in [2.05, 4.69) is 0 Å². The van der Waals surface area contributed by atoms with Crippen molar-refractivity contribution in [3.63, 3.8) is 0 Å². The van der Waals surface area contributed by atoms with Gasteiger partial charge in [0.1, 0.15) is 5.75 Å². The van der Waals surface area contributed by atoms with Crippen molar-refractivity contribution in [2.24, 2.45) is 0 Å². The molecule has 1 aromatic carbocycles. The van der Waals surface area contributed by atoms with Gasteiger partial charge < -0.3 is 10.6 Å². The summed E-state index contributed by atoms with van der Waals surface area (Å²) in [5.41, 5.74) is 7.26. The van der Waals surface area contributed by atoms with E-state index in [1.807, 2.05) is 20.8 Å². The molecule has 0 aliphatic carbocycles. The van der Waals surface area contributed by atoms with Crippen molar-refractivity contribution in [2.75, 3.05) is 24.6 Å². The predicted molar refractivity (Wildman–Crippen MR) is 74.8 cm³/mol. The number of nitrogens with zero attached hydrogens (tertiary/aromatic N) is 1. The van der Waals surface area contributed by atoms with Crippen LogP contribution in [0, 0.1) is 6.92 Å². The summed E-state index contributed by atoms with van der Waals surface area (Å²) in [6.07, 6.45) is 0. The number of carbonyl (C=O) groups excluding carboxylic acids is 1. The zero-order chi connectivity index (χ0) is 13.7. The van der Waals surface area contributed by atoms with Crippen molar-refractivity contribution in [1.29, 1.82) is 0 Å². The maximum absolute atomic E-state index is 12.1. The Kier molecular flexibility index (Phi) is 5.34. The summed E-state index contributed by atoms with van der Waals surface area (Å²) < 4.78 is 12.1. The highest BCUT2D eigenvalue weighted by Gasteiger charge is 2.15. The topological polar surface area (TPSA) is 63.4 Å². The molecule has 0 heterocycles. The van der Waals surface area contributed by atoms with Gasteiger partial charge in [-0.15, -0.1) is 0 Å². The summed E-state index contributed by atoms with van der Waals surface area (Å²) in [5, 5.41) is 0. The van der Waals surface area contributed by atoms with Crippen LogP contribution < -0.4 is 5.73 Å². The van der Waals surface area contributed by atoms with Gasteiger partial charge in [-0.3, -0.25) is 9.00 Å². The number of hydrogen-bond acceptors (Lipinski definition) is 3. The lowest BCUT2D eigenvalue weighted by atomic mass is 10.2. The monoisotopic (exact) mass is 268 g/mol. The molecule has 0 fully saturated rings. The van der Waals surface area contributed by atoms with E-state index in [1.54, 1.807) is 23.1 Å². The van der Waals surface area contributed by atoms with E-state index in [4.69, 9.17) is 5.73 Å². The van der Waals surface area contributed by atoms with Crippen LogP contribution in [0.1, 0.15) is 19.4 Å². The summed E-state index contributed by atoms with van der Waals surface area (Å²) in [4.78, 5) is 14.2. The smallest absolute Gasteiger partial charge is 0.235 e. The second kappa shape index (κ2) is 6.54. The van der Waals surface area contributed by atoms with Crippen LogP contribution in [0.25, 0.3) is 0 Å². The Morgan fingerprint density at radius 1 is 1.33 bits per heavy atom. The fourth-order valence-electron chi connectivity index (χ4n) is 1.65. The Balaban J connectivity index is 2.76. The number of nitrogens with two attached hydrogens (primary N) is 1. The van der Waals surface area contributed by atoms with Crippen LogP contribution in [0.15, 0.2) is 23.1 Å². The number of amides is 1. The molecule has 0 saturated heterocycles. The minimum atomic E-state index is -1.30. The van der Waals surface area contributed by atoms with Crippen LogP contribution in [-0.4, -0.2) is 33.9 Å². The molecule has 1 unspecified atom stereocenters. The number of rotatable bonds is 5. The molecule has 2 N–H and O–H groups in total. The third kappa shape index (κ3) is 3.57. The van der Waals surface area contributed by atoms with E-state index < -0.39 is 10.8 Å². The Hall–Kier alpha value is -1.36. The van der Waals surface area contributed by atoms with Gasteiger partial charge in [0.05, 0.1) is 10.8 Å². The van der Waals surface area contributed by atoms with E-state index in [9.17, 15) is 9.00 Å². The molecule has 100 valence electrons. The van der Waals surface area contributed by atoms with Gasteiger partial charge in [0, 0.05) is 23.7 Å². The van der Waals surface area contributed by atoms with Gasteiger partial charge in [0.15, 0.2) is 0 Å². The molecule has 0 bridgehead atoms. The van der Waals surface area contributed by atoms with Gasteiger partial charge in [-0.05, 0) is 44.5 Å². The predicted octanol–water partition coefficient (Wildman–Crippen LogP) is 1.55. The van der Waals surface area contributed by atoms with E-state index in [-0.39, 0.29) is 11.7 Å². The molecule has 0 aliphatic rings. The molecule has 0 aromatic heterocycles. The van der Waals surface area contributed by atoms with Crippen molar-refractivity contribution < 1.29 is 9.00 Å². The molecular weight excluding hydrogens is 248 g/mol. The number of anilines is 1. The SMILES string of the molecule is CCN(CC)C(=O)CS(=O)c1ccc(N)c(C)c1. The number of benzene rings is 1. The van der Waals surface area contributed by atoms with Gasteiger partial charge in [-0.25, -0.2) is 0 Å². The first kappa shape index (κ1) is 14.7. The molecular formula is C13H20N2O2S. The van der Waals surface area contributed by atoms with Crippen LogP contribution in [0.5, 0.6) is 0 Å². The zero-order valence-corrected chi connectivity index (χ0v) is 11.9. The molecule has 18 heavy (non-hydrogen) atoms. The number of hydrogen-bond donors (Lipinski definition) is 1. The highest BCUT2D eigenvalue weighted by Crippen LogP contribution is 2.16. The van der Waals surface area contributed by atoms with Crippen molar-refractivity contribution in [1.82, 2.24) is 4.90 Å². The maximum atomic E-state index is 12.1. The van der Waals surface area contributed by atoms with Gasteiger partial charge >= 0.3 is 0 Å². The van der Waals surface area contributed by atoms with E-state index in [1.165, 1.54) is 0 Å². The number of nitrogen functional groups attached to an aromatic ring is 1. The summed E-state index contributed by atoms with van der Waals surface area (Å²) in [6, 6.07) is 5.22. The number of aryl methyl sites for hydroxylation is 1. The van der Waals surface area contributed by atoms with E-state index in [0.717, 1.165) is 5.56 Å². The van der Waals surface area contributed by atoms with Gasteiger partial charge in [0.2, 0.25) is 5.91 Å². The standard InChI is InChI=1S/C13H20N2O2S/c1-4-15(5-2)13(16)9-18(17)11-6-7-12(14)10(3)8-11/h6-8H,4-5,9,14H2,1-3H3. The molecule has 4 nitrogen and oxygen atoms in total. The summed E-state index contributed by atoms with van der Waals surface area (Å²) >= 11 is 0. The second-order valence-corrected chi connectivity index (χ2v) is 5.53. The van der Waals surface area contributed by atoms with Crippen LogP contribution in [0.2, 0.25) is 0 Å². The average molecular weight is 268 g/mol. The lowest BCUT2D eigenvalue weighted by molar-refractivity contribution is -0.128. The number of carbonyl (C=O) groups is 1. The third-order valence-corrected chi connectivity index (χ3v) is 4.16. The molecule has 1 rings (SSSR count).